The highest BCUT2D eigenvalue weighted by molar-refractivity contribution is 6.07. The first-order valence-electron chi connectivity index (χ1n) is 8.02. The summed E-state index contributed by atoms with van der Waals surface area (Å²) in [7, 11) is 2.03. The molecule has 1 heterocycles. The van der Waals surface area contributed by atoms with Crippen molar-refractivity contribution in [3.8, 4) is 0 Å². The van der Waals surface area contributed by atoms with Gasteiger partial charge >= 0.3 is 0 Å². The second kappa shape index (κ2) is 6.77. The van der Waals surface area contributed by atoms with Gasteiger partial charge in [0.1, 0.15) is 0 Å². The minimum atomic E-state index is 1.12. The van der Waals surface area contributed by atoms with Crippen molar-refractivity contribution in [1.82, 2.24) is 9.88 Å². The molecule has 3 rings (SSSR count). The molecule has 21 heavy (non-hydrogen) atoms. The number of unbranched alkanes of at least 4 members (excludes halogenated alkanes) is 3. The van der Waals surface area contributed by atoms with E-state index in [1.165, 1.54) is 47.5 Å². The average Bonchev–Trinajstić information content (AvgIpc) is 2.85. The summed E-state index contributed by atoms with van der Waals surface area (Å²) in [6.45, 7) is 2.25. The van der Waals surface area contributed by atoms with Gasteiger partial charge in [-0.05, 0) is 38.6 Å². The maximum absolute atomic E-state index is 3.22. The van der Waals surface area contributed by atoms with Crippen LogP contribution in [0.25, 0.3) is 21.8 Å². The quantitative estimate of drug-likeness (QED) is 0.627. The smallest absolute Gasteiger partial charge is 0.0491 e. The molecule has 110 valence electrons. The Labute approximate surface area is 126 Å². The van der Waals surface area contributed by atoms with E-state index in [1.807, 2.05) is 7.05 Å². The number of aryl methyl sites for hydroxylation is 1. The largest absolute Gasteiger partial charge is 0.340 e. The minimum Gasteiger partial charge on any atom is -0.340 e. The van der Waals surface area contributed by atoms with E-state index in [0.717, 1.165) is 13.1 Å². The number of rotatable bonds is 7. The standard InChI is InChI=1S/C19H24N2/c1-20-14-8-2-3-9-15-21-18-12-6-4-10-16(18)17-11-5-7-13-19(17)21/h4-7,10-13,20H,2-3,8-9,14-15H2,1H3. The Morgan fingerprint density at radius 3 is 1.95 bits per heavy atom. The van der Waals surface area contributed by atoms with Gasteiger partial charge in [0, 0.05) is 28.4 Å². The fraction of sp³-hybridized carbons (Fsp3) is 0.368. The van der Waals surface area contributed by atoms with E-state index >= 15 is 0 Å². The molecule has 0 saturated heterocycles. The van der Waals surface area contributed by atoms with Crippen LogP contribution in [0.1, 0.15) is 25.7 Å². The highest BCUT2D eigenvalue weighted by Crippen LogP contribution is 2.28. The Kier molecular flexibility index (Phi) is 4.56. The second-order valence-electron chi connectivity index (χ2n) is 5.70. The number of nitrogens with zero attached hydrogens (tertiary/aromatic N) is 1. The number of hydrogen-bond acceptors (Lipinski definition) is 1. The van der Waals surface area contributed by atoms with Crippen LogP contribution in [0.15, 0.2) is 48.5 Å². The number of fused-ring (bicyclic) bond motifs is 3. The zero-order valence-corrected chi connectivity index (χ0v) is 12.8. The lowest BCUT2D eigenvalue weighted by molar-refractivity contribution is 0.577. The van der Waals surface area contributed by atoms with Crippen molar-refractivity contribution in [2.45, 2.75) is 32.2 Å². The van der Waals surface area contributed by atoms with Gasteiger partial charge in [0.25, 0.3) is 0 Å². The molecule has 0 aliphatic heterocycles. The van der Waals surface area contributed by atoms with Crippen LogP contribution in [0, 0.1) is 0 Å². The third-order valence-corrected chi connectivity index (χ3v) is 4.24. The highest BCUT2D eigenvalue weighted by Gasteiger charge is 2.08. The highest BCUT2D eigenvalue weighted by atomic mass is 15.0. The Hall–Kier alpha value is -1.80. The van der Waals surface area contributed by atoms with Gasteiger partial charge in [-0.2, -0.15) is 0 Å². The van der Waals surface area contributed by atoms with Crippen LogP contribution in [0.3, 0.4) is 0 Å². The summed E-state index contributed by atoms with van der Waals surface area (Å²) in [6, 6.07) is 17.5. The molecule has 0 aliphatic rings. The van der Waals surface area contributed by atoms with Gasteiger partial charge in [0.2, 0.25) is 0 Å². The lowest BCUT2D eigenvalue weighted by Crippen LogP contribution is -2.07. The number of hydrogen-bond donors (Lipinski definition) is 1. The van der Waals surface area contributed by atoms with Gasteiger partial charge in [-0.15, -0.1) is 0 Å². The number of para-hydroxylation sites is 2. The van der Waals surface area contributed by atoms with Gasteiger partial charge in [-0.1, -0.05) is 49.2 Å². The molecule has 0 amide bonds. The lowest BCUT2D eigenvalue weighted by atomic mass is 10.2. The van der Waals surface area contributed by atoms with Crippen molar-refractivity contribution < 1.29 is 0 Å². The SMILES string of the molecule is CNCCCCCCn1c2ccccc2c2ccccc21. The molecule has 2 nitrogen and oxygen atoms in total. The van der Waals surface area contributed by atoms with Gasteiger partial charge in [-0.3, -0.25) is 0 Å². The number of benzene rings is 2. The molecule has 1 N–H and O–H groups in total. The summed E-state index contributed by atoms with van der Waals surface area (Å²) in [4.78, 5) is 0. The van der Waals surface area contributed by atoms with Gasteiger partial charge in [-0.25, -0.2) is 0 Å². The Morgan fingerprint density at radius 1 is 0.762 bits per heavy atom. The first-order chi connectivity index (χ1) is 10.4. The van der Waals surface area contributed by atoms with Crippen LogP contribution in [-0.4, -0.2) is 18.2 Å². The first-order valence-corrected chi connectivity index (χ1v) is 8.02. The fourth-order valence-corrected chi connectivity index (χ4v) is 3.17. The fourth-order valence-electron chi connectivity index (χ4n) is 3.17. The summed E-state index contributed by atoms with van der Waals surface area (Å²) in [5, 5.41) is 5.97. The van der Waals surface area contributed by atoms with E-state index < -0.39 is 0 Å². The van der Waals surface area contributed by atoms with E-state index in [4.69, 9.17) is 0 Å². The predicted octanol–water partition coefficient (Wildman–Crippen LogP) is 4.57. The maximum Gasteiger partial charge on any atom is 0.0491 e. The molecular weight excluding hydrogens is 256 g/mol. The zero-order chi connectivity index (χ0) is 14.5. The van der Waals surface area contributed by atoms with Gasteiger partial charge in [0.05, 0.1) is 0 Å². The normalized spacial score (nSPS) is 11.5. The molecule has 0 unspecified atom stereocenters. The summed E-state index contributed by atoms with van der Waals surface area (Å²) >= 11 is 0. The number of nitrogens with one attached hydrogen (secondary N) is 1. The molecule has 1 aromatic heterocycles. The predicted molar refractivity (Wildman–Crippen MR) is 91.8 cm³/mol. The van der Waals surface area contributed by atoms with Gasteiger partial charge < -0.3 is 9.88 Å². The van der Waals surface area contributed by atoms with E-state index in [-0.39, 0.29) is 0 Å². The molecule has 3 aromatic rings. The van der Waals surface area contributed by atoms with E-state index in [2.05, 4.69) is 58.4 Å². The maximum atomic E-state index is 3.22. The van der Waals surface area contributed by atoms with E-state index in [9.17, 15) is 0 Å². The van der Waals surface area contributed by atoms with Crippen LogP contribution in [0.5, 0.6) is 0 Å². The molecule has 2 heteroatoms. The van der Waals surface area contributed by atoms with Crippen LogP contribution < -0.4 is 5.32 Å². The van der Waals surface area contributed by atoms with Crippen molar-refractivity contribution in [2.75, 3.05) is 13.6 Å². The molecule has 0 bridgehead atoms. The molecule has 0 atom stereocenters. The molecule has 2 aromatic carbocycles. The van der Waals surface area contributed by atoms with Crippen molar-refractivity contribution in [3.05, 3.63) is 48.5 Å². The molecule has 0 fully saturated rings. The van der Waals surface area contributed by atoms with Crippen molar-refractivity contribution in [2.24, 2.45) is 0 Å². The molecule has 0 saturated carbocycles. The van der Waals surface area contributed by atoms with Gasteiger partial charge in [0.15, 0.2) is 0 Å². The minimum absolute atomic E-state index is 1.12. The van der Waals surface area contributed by atoms with Crippen LogP contribution in [-0.2, 0) is 6.54 Å². The second-order valence-corrected chi connectivity index (χ2v) is 5.70. The van der Waals surface area contributed by atoms with Crippen LogP contribution >= 0.6 is 0 Å². The van der Waals surface area contributed by atoms with E-state index in [1.54, 1.807) is 0 Å². The first kappa shape index (κ1) is 14.2. The summed E-state index contributed by atoms with van der Waals surface area (Å²) in [5.41, 5.74) is 2.74. The third kappa shape index (κ3) is 2.96. The average molecular weight is 280 g/mol. The monoisotopic (exact) mass is 280 g/mol. The molecule has 0 aliphatic carbocycles. The molecular formula is C19H24N2. The van der Waals surface area contributed by atoms with E-state index in [0.29, 0.717) is 0 Å². The van der Waals surface area contributed by atoms with Crippen LogP contribution in [0.2, 0.25) is 0 Å². The zero-order valence-electron chi connectivity index (χ0n) is 12.8. The Balaban J connectivity index is 1.80. The number of aromatic nitrogens is 1. The third-order valence-electron chi connectivity index (χ3n) is 4.24. The molecule has 0 radical (unpaired) electrons. The van der Waals surface area contributed by atoms with Crippen molar-refractivity contribution in [3.63, 3.8) is 0 Å². The Morgan fingerprint density at radius 2 is 1.33 bits per heavy atom. The van der Waals surface area contributed by atoms with Crippen molar-refractivity contribution >= 4 is 21.8 Å². The Bertz CT molecular complexity index is 658. The van der Waals surface area contributed by atoms with Crippen LogP contribution in [0.4, 0.5) is 0 Å². The topological polar surface area (TPSA) is 17.0 Å². The molecule has 0 spiro atoms. The lowest BCUT2D eigenvalue weighted by Gasteiger charge is -2.07. The summed E-state index contributed by atoms with van der Waals surface area (Å²) in [6.07, 6.45) is 5.16. The summed E-state index contributed by atoms with van der Waals surface area (Å²) in [5.74, 6) is 0. The summed E-state index contributed by atoms with van der Waals surface area (Å²) < 4.78 is 2.49. The van der Waals surface area contributed by atoms with Crippen molar-refractivity contribution in [1.29, 1.82) is 0 Å².